The number of aryl methyl sites for hydroxylation is 2. The summed E-state index contributed by atoms with van der Waals surface area (Å²) in [5.74, 6) is 0.588. The van der Waals surface area contributed by atoms with E-state index >= 15 is 0 Å². The molecule has 0 spiro atoms. The molecule has 1 amide bonds. The van der Waals surface area contributed by atoms with Crippen LogP contribution in [0.5, 0.6) is 0 Å². The largest absolute Gasteiger partial charge is 0.421 e. The van der Waals surface area contributed by atoms with E-state index in [0.717, 1.165) is 28.5 Å². The highest BCUT2D eigenvalue weighted by Gasteiger charge is 2.14. The quantitative estimate of drug-likeness (QED) is 0.424. The van der Waals surface area contributed by atoms with Crippen LogP contribution in [-0.2, 0) is 9.84 Å². The van der Waals surface area contributed by atoms with Crippen molar-refractivity contribution in [3.8, 4) is 22.6 Å². The van der Waals surface area contributed by atoms with E-state index in [1.807, 2.05) is 37.3 Å². The van der Waals surface area contributed by atoms with Gasteiger partial charge in [0.05, 0.1) is 16.3 Å². The Hall–Kier alpha value is -3.98. The summed E-state index contributed by atoms with van der Waals surface area (Å²) in [5.41, 5.74) is 10.7. The van der Waals surface area contributed by atoms with Crippen LogP contribution in [0, 0.1) is 13.8 Å². The highest BCUT2D eigenvalue weighted by atomic mass is 32.2. The summed E-state index contributed by atoms with van der Waals surface area (Å²) in [4.78, 5) is 12.8. The third-order valence-corrected chi connectivity index (χ3v) is 6.28. The molecular weight excluding hydrogens is 440 g/mol. The van der Waals surface area contributed by atoms with E-state index in [4.69, 9.17) is 10.2 Å². The Morgan fingerprint density at radius 3 is 2.24 bits per heavy atom. The van der Waals surface area contributed by atoms with Crippen LogP contribution in [0.25, 0.3) is 22.6 Å². The number of nitrogens with two attached hydrogens (primary N) is 1. The standard InChI is InChI=1S/C24H22N4O4S/c1-14-4-5-18(24-28-27-15(2)32-24)12-20(14)16-6-8-17(9-7-16)23(29)26-22-11-10-19(13-21(22)25)33(3,30)31/h4-13H,25H2,1-3H3,(H,26,29). The number of carbonyl (C=O) groups excluding carboxylic acids is 1. The molecule has 0 unspecified atom stereocenters. The molecule has 0 radical (unpaired) electrons. The van der Waals surface area contributed by atoms with Gasteiger partial charge in [-0.1, -0.05) is 18.2 Å². The maximum atomic E-state index is 12.7. The first-order chi connectivity index (χ1) is 15.6. The minimum Gasteiger partial charge on any atom is -0.421 e. The van der Waals surface area contributed by atoms with Gasteiger partial charge in [-0.25, -0.2) is 8.42 Å². The lowest BCUT2D eigenvalue weighted by molar-refractivity contribution is 0.102. The zero-order valence-electron chi connectivity index (χ0n) is 18.3. The first kappa shape index (κ1) is 22.2. The van der Waals surface area contributed by atoms with Crippen molar-refractivity contribution >= 4 is 27.1 Å². The summed E-state index contributed by atoms with van der Waals surface area (Å²) in [6.07, 6.45) is 1.10. The maximum Gasteiger partial charge on any atom is 0.255 e. The number of rotatable bonds is 5. The summed E-state index contributed by atoms with van der Waals surface area (Å²) < 4.78 is 28.8. The monoisotopic (exact) mass is 462 g/mol. The molecule has 0 atom stereocenters. The van der Waals surface area contributed by atoms with E-state index < -0.39 is 9.84 Å². The second-order valence-corrected chi connectivity index (χ2v) is 9.72. The van der Waals surface area contributed by atoms with Crippen LogP contribution in [0.1, 0.15) is 21.8 Å². The van der Waals surface area contributed by atoms with E-state index in [1.165, 1.54) is 18.2 Å². The van der Waals surface area contributed by atoms with Crippen molar-refractivity contribution in [1.82, 2.24) is 10.2 Å². The molecule has 4 rings (SSSR count). The van der Waals surface area contributed by atoms with Gasteiger partial charge in [0.2, 0.25) is 11.8 Å². The minimum atomic E-state index is -3.38. The Balaban J connectivity index is 1.56. The van der Waals surface area contributed by atoms with Gasteiger partial charge in [-0.3, -0.25) is 4.79 Å². The van der Waals surface area contributed by atoms with Gasteiger partial charge in [0.25, 0.3) is 5.91 Å². The molecule has 4 aromatic rings. The van der Waals surface area contributed by atoms with E-state index in [2.05, 4.69) is 15.5 Å². The summed E-state index contributed by atoms with van der Waals surface area (Å²) in [7, 11) is -3.38. The minimum absolute atomic E-state index is 0.0932. The summed E-state index contributed by atoms with van der Waals surface area (Å²) in [6, 6.07) is 17.2. The van der Waals surface area contributed by atoms with Crippen LogP contribution >= 0.6 is 0 Å². The van der Waals surface area contributed by atoms with Crippen molar-refractivity contribution in [2.75, 3.05) is 17.3 Å². The summed E-state index contributed by atoms with van der Waals surface area (Å²) in [6.45, 7) is 3.74. The van der Waals surface area contributed by atoms with Crippen LogP contribution < -0.4 is 11.1 Å². The number of benzene rings is 3. The second-order valence-electron chi connectivity index (χ2n) is 7.71. The van der Waals surface area contributed by atoms with Gasteiger partial charge in [0.15, 0.2) is 9.84 Å². The van der Waals surface area contributed by atoms with Crippen LogP contribution in [0.15, 0.2) is 70.0 Å². The topological polar surface area (TPSA) is 128 Å². The first-order valence-electron chi connectivity index (χ1n) is 10.0. The lowest BCUT2D eigenvalue weighted by Crippen LogP contribution is -2.13. The number of amides is 1. The third-order valence-electron chi connectivity index (χ3n) is 5.17. The van der Waals surface area contributed by atoms with Crippen LogP contribution in [0.3, 0.4) is 0 Å². The molecular formula is C24H22N4O4S. The molecule has 0 fully saturated rings. The fourth-order valence-corrected chi connectivity index (χ4v) is 4.02. The molecule has 3 aromatic carbocycles. The van der Waals surface area contributed by atoms with Gasteiger partial charge in [-0.2, -0.15) is 0 Å². The number of carbonyl (C=O) groups is 1. The third kappa shape index (κ3) is 4.78. The fraction of sp³-hybridized carbons (Fsp3) is 0.125. The zero-order chi connectivity index (χ0) is 23.8. The predicted molar refractivity (Wildman–Crippen MR) is 127 cm³/mol. The maximum absolute atomic E-state index is 12.7. The lowest BCUT2D eigenvalue weighted by Gasteiger charge is -2.11. The molecule has 3 N–H and O–H groups in total. The summed E-state index contributed by atoms with van der Waals surface area (Å²) in [5, 5.41) is 10.7. The van der Waals surface area contributed by atoms with Crippen molar-refractivity contribution in [1.29, 1.82) is 0 Å². The Bertz CT molecular complexity index is 1460. The van der Waals surface area contributed by atoms with Crippen molar-refractivity contribution in [2.45, 2.75) is 18.7 Å². The number of nitrogens with one attached hydrogen (secondary N) is 1. The van der Waals surface area contributed by atoms with Gasteiger partial charge in [0, 0.05) is 24.3 Å². The van der Waals surface area contributed by atoms with Crippen LogP contribution in [0.4, 0.5) is 11.4 Å². The molecule has 0 saturated heterocycles. The molecule has 0 aliphatic heterocycles. The number of aromatic nitrogens is 2. The number of sulfone groups is 1. The zero-order valence-corrected chi connectivity index (χ0v) is 19.1. The molecule has 0 aliphatic carbocycles. The molecule has 33 heavy (non-hydrogen) atoms. The highest BCUT2D eigenvalue weighted by Crippen LogP contribution is 2.29. The van der Waals surface area contributed by atoms with Crippen molar-refractivity contribution in [3.63, 3.8) is 0 Å². The average Bonchev–Trinajstić information content (AvgIpc) is 3.21. The number of anilines is 2. The van der Waals surface area contributed by atoms with Crippen LogP contribution in [-0.4, -0.2) is 30.8 Å². The molecule has 1 aromatic heterocycles. The first-order valence-corrected chi connectivity index (χ1v) is 11.9. The predicted octanol–water partition coefficient (Wildman–Crippen LogP) is 4.26. The smallest absolute Gasteiger partial charge is 0.255 e. The Morgan fingerprint density at radius 2 is 1.64 bits per heavy atom. The summed E-state index contributed by atoms with van der Waals surface area (Å²) >= 11 is 0. The Labute approximate surface area is 191 Å². The molecule has 0 saturated carbocycles. The normalized spacial score (nSPS) is 11.4. The fourth-order valence-electron chi connectivity index (χ4n) is 3.36. The van der Waals surface area contributed by atoms with E-state index in [0.29, 0.717) is 23.0 Å². The van der Waals surface area contributed by atoms with Gasteiger partial charge >= 0.3 is 0 Å². The highest BCUT2D eigenvalue weighted by molar-refractivity contribution is 7.90. The van der Waals surface area contributed by atoms with Crippen molar-refractivity contribution in [3.05, 3.63) is 77.7 Å². The molecule has 0 bridgehead atoms. The van der Waals surface area contributed by atoms with Gasteiger partial charge in [-0.15, -0.1) is 10.2 Å². The van der Waals surface area contributed by atoms with Gasteiger partial charge in [0.1, 0.15) is 0 Å². The number of hydrogen-bond donors (Lipinski definition) is 2. The SMILES string of the molecule is Cc1nnc(-c2ccc(C)c(-c3ccc(C(=O)Nc4ccc(S(C)(=O)=O)cc4N)cc3)c2)o1. The Kier molecular flexibility index (Phi) is 5.73. The van der Waals surface area contributed by atoms with Gasteiger partial charge < -0.3 is 15.5 Å². The van der Waals surface area contributed by atoms with E-state index in [-0.39, 0.29) is 16.5 Å². The lowest BCUT2D eigenvalue weighted by atomic mass is 9.97. The molecule has 1 heterocycles. The molecule has 9 heteroatoms. The Morgan fingerprint density at radius 1 is 0.939 bits per heavy atom. The number of hydrogen-bond acceptors (Lipinski definition) is 7. The van der Waals surface area contributed by atoms with Crippen molar-refractivity contribution in [2.24, 2.45) is 0 Å². The second kappa shape index (κ2) is 8.51. The van der Waals surface area contributed by atoms with Crippen molar-refractivity contribution < 1.29 is 17.6 Å². The molecule has 0 aliphatic rings. The van der Waals surface area contributed by atoms with E-state index in [1.54, 1.807) is 19.1 Å². The molecule has 8 nitrogen and oxygen atoms in total. The number of nitrogen functional groups attached to an aromatic ring is 1. The number of nitrogens with zero attached hydrogens (tertiary/aromatic N) is 2. The van der Waals surface area contributed by atoms with E-state index in [9.17, 15) is 13.2 Å². The molecule has 168 valence electrons. The van der Waals surface area contributed by atoms with Gasteiger partial charge in [-0.05, 0) is 66.1 Å². The average molecular weight is 463 g/mol. The van der Waals surface area contributed by atoms with Crippen LogP contribution in [0.2, 0.25) is 0 Å².